The fraction of sp³-hybridized carbons (Fsp3) is 0.341. The van der Waals surface area contributed by atoms with Gasteiger partial charge in [-0.1, -0.05) is 103 Å². The number of rotatable bonds is 16. The Morgan fingerprint density at radius 3 is 1.84 bits per heavy atom. The number of nitrogens with zero attached hydrogens (tertiary/aromatic N) is 1. The molecular weight excluding hydrogens is 698 g/mol. The Labute approximate surface area is 322 Å². The number of nitrogens with one attached hydrogen (secondary N) is 2. The predicted octanol–water partition coefficient (Wildman–Crippen LogP) is 5.97. The highest BCUT2D eigenvalue weighted by molar-refractivity contribution is 5.91. The molecule has 2 amide bonds. The third-order valence-corrected chi connectivity index (χ3v) is 10.1. The number of benzene rings is 4. The number of piperidine rings is 1. The summed E-state index contributed by atoms with van der Waals surface area (Å²) in [7, 11) is 1.32. The maximum absolute atomic E-state index is 13.7. The minimum Gasteiger partial charge on any atom is -0.467 e. The highest BCUT2D eigenvalue weighted by Crippen LogP contribution is 2.31. The quantitative estimate of drug-likeness (QED) is 0.105. The summed E-state index contributed by atoms with van der Waals surface area (Å²) in [5.41, 5.74) is 2.87. The highest BCUT2D eigenvalue weighted by Gasteiger charge is 2.44. The second kappa shape index (κ2) is 19.4. The van der Waals surface area contributed by atoms with Crippen LogP contribution in [-0.2, 0) is 51.4 Å². The van der Waals surface area contributed by atoms with Crippen molar-refractivity contribution in [2.24, 2.45) is 0 Å². The van der Waals surface area contributed by atoms with E-state index in [0.717, 1.165) is 22.4 Å². The monoisotopic (exact) mass is 747 g/mol. The van der Waals surface area contributed by atoms with Crippen LogP contribution in [-0.4, -0.2) is 61.5 Å². The Kier molecular flexibility index (Phi) is 14.2. The molecule has 1 aliphatic rings. The molecule has 1 aliphatic heterocycles. The second-order valence-corrected chi connectivity index (χ2v) is 13.8. The third kappa shape index (κ3) is 11.0. The average molecular weight is 748 g/mol. The lowest BCUT2D eigenvalue weighted by Gasteiger charge is -2.41. The smallest absolute Gasteiger partial charge is 0.331 e. The molecule has 1 saturated heterocycles. The van der Waals surface area contributed by atoms with Crippen molar-refractivity contribution in [1.29, 1.82) is 0 Å². The van der Waals surface area contributed by atoms with Gasteiger partial charge in [0.1, 0.15) is 24.8 Å². The molecule has 11 nitrogen and oxygen atoms in total. The van der Waals surface area contributed by atoms with Crippen LogP contribution in [0.4, 0.5) is 5.69 Å². The van der Waals surface area contributed by atoms with Gasteiger partial charge in [0.25, 0.3) is 0 Å². The van der Waals surface area contributed by atoms with E-state index in [1.807, 2.05) is 122 Å². The number of anilines is 1. The van der Waals surface area contributed by atoms with Crippen molar-refractivity contribution in [3.05, 3.63) is 138 Å². The number of hydrogen-bond acceptors (Lipinski definition) is 9. The largest absolute Gasteiger partial charge is 0.467 e. The van der Waals surface area contributed by atoms with Crippen LogP contribution in [0.2, 0.25) is 0 Å². The van der Waals surface area contributed by atoms with Gasteiger partial charge in [0.05, 0.1) is 18.9 Å². The lowest BCUT2D eigenvalue weighted by molar-refractivity contribution is -0.152. The van der Waals surface area contributed by atoms with E-state index >= 15 is 0 Å². The number of amides is 2. The van der Waals surface area contributed by atoms with Crippen molar-refractivity contribution >= 4 is 35.4 Å². The molecule has 2 unspecified atom stereocenters. The Hall–Kier alpha value is -5.97. The molecule has 0 radical (unpaired) electrons. The van der Waals surface area contributed by atoms with Crippen LogP contribution in [0.15, 0.2) is 115 Å². The van der Waals surface area contributed by atoms with Crippen molar-refractivity contribution in [1.82, 2.24) is 10.6 Å². The molecule has 1 heterocycles. The van der Waals surface area contributed by atoms with Gasteiger partial charge >= 0.3 is 17.9 Å². The molecule has 4 aromatic carbocycles. The summed E-state index contributed by atoms with van der Waals surface area (Å²) in [6.45, 7) is 4.58. The van der Waals surface area contributed by atoms with E-state index < -0.39 is 47.2 Å². The van der Waals surface area contributed by atoms with Gasteiger partial charge in [-0.05, 0) is 67.5 Å². The Morgan fingerprint density at radius 2 is 1.24 bits per heavy atom. The van der Waals surface area contributed by atoms with Gasteiger partial charge in [-0.15, -0.1) is 0 Å². The Balaban J connectivity index is 1.22. The number of carbonyl (C=O) groups excluding carboxylic acids is 5. The molecule has 1 fully saturated rings. The van der Waals surface area contributed by atoms with Crippen molar-refractivity contribution < 1.29 is 38.2 Å². The lowest BCUT2D eigenvalue weighted by Crippen LogP contribution is -2.61. The number of carbonyl (C=O) groups is 5. The van der Waals surface area contributed by atoms with Crippen LogP contribution in [0.3, 0.4) is 0 Å². The van der Waals surface area contributed by atoms with E-state index in [4.69, 9.17) is 14.2 Å². The second-order valence-electron chi connectivity index (χ2n) is 13.8. The van der Waals surface area contributed by atoms with Crippen molar-refractivity contribution in [3.63, 3.8) is 0 Å². The number of ether oxygens (including phenoxy) is 3. The fourth-order valence-corrected chi connectivity index (χ4v) is 6.55. The lowest BCUT2D eigenvalue weighted by atomic mass is 9.85. The average Bonchev–Trinajstić information content (AvgIpc) is 3.23. The summed E-state index contributed by atoms with van der Waals surface area (Å²) in [6.07, 6.45) is 0.549. The Bertz CT molecular complexity index is 1900. The minimum atomic E-state index is -1.17. The van der Waals surface area contributed by atoms with Gasteiger partial charge in [-0.2, -0.15) is 0 Å². The van der Waals surface area contributed by atoms with Crippen molar-refractivity contribution in [2.75, 3.05) is 25.1 Å². The molecule has 0 saturated carbocycles. The van der Waals surface area contributed by atoms with Gasteiger partial charge in [0.15, 0.2) is 0 Å². The third-order valence-electron chi connectivity index (χ3n) is 10.1. The van der Waals surface area contributed by atoms with Gasteiger partial charge in [0.2, 0.25) is 11.8 Å². The Morgan fingerprint density at radius 1 is 0.691 bits per heavy atom. The van der Waals surface area contributed by atoms with Crippen molar-refractivity contribution in [3.8, 4) is 0 Å². The zero-order valence-electron chi connectivity index (χ0n) is 31.6. The van der Waals surface area contributed by atoms with Crippen LogP contribution in [0.1, 0.15) is 73.6 Å². The number of hydrogen-bond donors (Lipinski definition) is 2. The van der Waals surface area contributed by atoms with E-state index in [1.165, 1.54) is 7.11 Å². The molecule has 5 rings (SSSR count). The van der Waals surface area contributed by atoms with Gasteiger partial charge in [-0.25, -0.2) is 9.59 Å². The SMILES string of the molecule is COC(=O)C1(NC(=O)C(C)c2ccccc2)CCN(c2cccc(C(C)C(=O)N[C@H](CCC(=O)OCc3ccccc3)C(=O)OCc3ccccc3)c2)CC1. The summed E-state index contributed by atoms with van der Waals surface area (Å²) >= 11 is 0. The molecule has 0 aromatic heterocycles. The van der Waals surface area contributed by atoms with Gasteiger partial charge < -0.3 is 29.7 Å². The molecular formula is C44H49N3O8. The maximum atomic E-state index is 13.7. The van der Waals surface area contributed by atoms with Gasteiger partial charge in [0, 0.05) is 25.2 Å². The van der Waals surface area contributed by atoms with E-state index in [9.17, 15) is 24.0 Å². The summed E-state index contributed by atoms with van der Waals surface area (Å²) in [6, 6.07) is 34.3. The first-order chi connectivity index (χ1) is 26.6. The summed E-state index contributed by atoms with van der Waals surface area (Å²) in [5.74, 6) is -3.41. The van der Waals surface area contributed by atoms with Crippen molar-refractivity contribution in [2.45, 2.75) is 76.2 Å². The van der Waals surface area contributed by atoms with E-state index in [-0.39, 0.29) is 32.0 Å². The summed E-state index contributed by atoms with van der Waals surface area (Å²) in [5, 5.41) is 5.84. The topological polar surface area (TPSA) is 140 Å². The molecule has 4 aromatic rings. The molecule has 288 valence electrons. The molecule has 2 N–H and O–H groups in total. The van der Waals surface area contributed by atoms with Crippen LogP contribution in [0.5, 0.6) is 0 Å². The number of methoxy groups -OCH3 is 1. The van der Waals surface area contributed by atoms with Crippen LogP contribution in [0, 0.1) is 0 Å². The fourth-order valence-electron chi connectivity index (χ4n) is 6.55. The first-order valence-electron chi connectivity index (χ1n) is 18.6. The predicted molar refractivity (Wildman–Crippen MR) is 208 cm³/mol. The van der Waals surface area contributed by atoms with Gasteiger partial charge in [-0.3, -0.25) is 14.4 Å². The zero-order chi connectivity index (χ0) is 39.2. The van der Waals surface area contributed by atoms with E-state index in [0.29, 0.717) is 31.5 Å². The summed E-state index contributed by atoms with van der Waals surface area (Å²) < 4.78 is 16.1. The van der Waals surface area contributed by atoms with Crippen LogP contribution < -0.4 is 15.5 Å². The normalized spacial score (nSPS) is 15.1. The minimum absolute atomic E-state index is 0.00384. The molecule has 0 spiro atoms. The number of esters is 3. The first-order valence-corrected chi connectivity index (χ1v) is 18.6. The first kappa shape index (κ1) is 40.2. The maximum Gasteiger partial charge on any atom is 0.331 e. The molecule has 11 heteroatoms. The molecule has 55 heavy (non-hydrogen) atoms. The highest BCUT2D eigenvalue weighted by atomic mass is 16.5. The van der Waals surface area contributed by atoms with E-state index in [2.05, 4.69) is 15.5 Å². The molecule has 0 aliphatic carbocycles. The zero-order valence-corrected chi connectivity index (χ0v) is 31.6. The van der Waals surface area contributed by atoms with Crippen LogP contribution in [0.25, 0.3) is 0 Å². The van der Waals surface area contributed by atoms with E-state index in [1.54, 1.807) is 6.92 Å². The molecule has 3 atom stereocenters. The van der Waals surface area contributed by atoms with Crippen LogP contribution >= 0.6 is 0 Å². The molecule has 0 bridgehead atoms. The standard InChI is InChI=1S/C44H49N3O8/c1-31(35-18-11-6-12-19-35)41(50)46-44(43(52)53-3)24-26-47(27-25-44)37-21-13-20-36(28-37)32(2)40(49)45-38(42(51)55-30-34-16-9-5-10-17-34)22-23-39(48)54-29-33-14-7-4-8-15-33/h4-21,28,31-32,38H,22-27,29-30H2,1-3H3,(H,45,49)(H,46,50)/t31?,32?,38-/m1/s1. The summed E-state index contributed by atoms with van der Waals surface area (Å²) in [4.78, 5) is 68.2.